The number of aryl methyl sites for hydroxylation is 1. The molecule has 0 radical (unpaired) electrons. The van der Waals surface area contributed by atoms with Gasteiger partial charge >= 0.3 is 5.69 Å². The number of hydrogen-bond donors (Lipinski definition) is 1. The number of rotatable bonds is 4. The molecule has 0 aliphatic carbocycles. The fraction of sp³-hybridized carbons (Fsp3) is 0.455. The van der Waals surface area contributed by atoms with Crippen LogP contribution in [0.15, 0.2) is 17.0 Å². The Bertz CT molecular complexity index is 642. The molecule has 1 aromatic carbocycles. The van der Waals surface area contributed by atoms with Crippen LogP contribution in [-0.2, 0) is 10.0 Å². The highest BCUT2D eigenvalue weighted by Crippen LogP contribution is 2.26. The van der Waals surface area contributed by atoms with E-state index in [0.29, 0.717) is 12.2 Å². The van der Waals surface area contributed by atoms with Crippen LogP contribution in [0.25, 0.3) is 0 Å². The van der Waals surface area contributed by atoms with E-state index in [4.69, 9.17) is 0 Å². The SMILES string of the molecule is Cc1cc(S(=O)(=O)NC2CCSC2)cc([N+](=O)[O-])c1F. The van der Waals surface area contributed by atoms with Gasteiger partial charge in [-0.05, 0) is 30.7 Å². The Morgan fingerprint density at radius 1 is 1.50 bits per heavy atom. The summed E-state index contributed by atoms with van der Waals surface area (Å²) < 4.78 is 40.4. The lowest BCUT2D eigenvalue weighted by molar-refractivity contribution is -0.387. The highest BCUT2D eigenvalue weighted by molar-refractivity contribution is 7.99. The van der Waals surface area contributed by atoms with Gasteiger partial charge in [-0.2, -0.15) is 16.2 Å². The van der Waals surface area contributed by atoms with Crippen LogP contribution in [0, 0.1) is 22.9 Å². The molecule has 1 saturated heterocycles. The zero-order valence-electron chi connectivity index (χ0n) is 10.6. The van der Waals surface area contributed by atoms with Crippen molar-refractivity contribution in [2.75, 3.05) is 11.5 Å². The fourth-order valence-electron chi connectivity index (χ4n) is 1.92. The predicted molar refractivity (Wildman–Crippen MR) is 73.8 cm³/mol. The molecule has 1 unspecified atom stereocenters. The maximum atomic E-state index is 13.6. The largest absolute Gasteiger partial charge is 0.306 e. The molecule has 1 aliphatic heterocycles. The minimum absolute atomic E-state index is 0.0691. The quantitative estimate of drug-likeness (QED) is 0.675. The second-order valence-corrected chi connectivity index (χ2v) is 7.38. The molecule has 6 nitrogen and oxygen atoms in total. The van der Waals surface area contributed by atoms with E-state index >= 15 is 0 Å². The molecule has 20 heavy (non-hydrogen) atoms. The molecule has 0 saturated carbocycles. The lowest BCUT2D eigenvalue weighted by Gasteiger charge is -2.12. The minimum Gasteiger partial charge on any atom is -0.258 e. The number of halogens is 1. The smallest absolute Gasteiger partial charge is 0.258 e. The van der Waals surface area contributed by atoms with Crippen LogP contribution in [0.2, 0.25) is 0 Å². The molecule has 1 fully saturated rings. The number of sulfonamides is 1. The third-order valence-corrected chi connectivity index (χ3v) is 5.63. The van der Waals surface area contributed by atoms with Gasteiger partial charge < -0.3 is 0 Å². The van der Waals surface area contributed by atoms with E-state index in [-0.39, 0.29) is 16.5 Å². The molecule has 0 spiro atoms. The van der Waals surface area contributed by atoms with Crippen molar-refractivity contribution in [3.8, 4) is 0 Å². The summed E-state index contributed by atoms with van der Waals surface area (Å²) in [4.78, 5) is 9.54. The van der Waals surface area contributed by atoms with Crippen molar-refractivity contribution in [3.05, 3.63) is 33.6 Å². The molecule has 110 valence electrons. The summed E-state index contributed by atoms with van der Waals surface area (Å²) in [6, 6.07) is 1.67. The Balaban J connectivity index is 2.38. The average Bonchev–Trinajstić information content (AvgIpc) is 2.83. The summed E-state index contributed by atoms with van der Waals surface area (Å²) >= 11 is 1.64. The molecule has 0 bridgehead atoms. The summed E-state index contributed by atoms with van der Waals surface area (Å²) in [7, 11) is -3.87. The molecule has 0 amide bonds. The summed E-state index contributed by atoms with van der Waals surface area (Å²) in [5, 5.41) is 10.7. The zero-order chi connectivity index (χ0) is 14.9. The van der Waals surface area contributed by atoms with Gasteiger partial charge in [-0.25, -0.2) is 13.1 Å². The normalized spacial score (nSPS) is 19.2. The topological polar surface area (TPSA) is 89.3 Å². The van der Waals surface area contributed by atoms with Crippen molar-refractivity contribution in [1.82, 2.24) is 4.72 Å². The summed E-state index contributed by atoms with van der Waals surface area (Å²) in [5.74, 6) is 0.530. The van der Waals surface area contributed by atoms with Crippen molar-refractivity contribution in [1.29, 1.82) is 0 Å². The van der Waals surface area contributed by atoms with Gasteiger partial charge in [-0.15, -0.1) is 0 Å². The molecule has 1 N–H and O–H groups in total. The summed E-state index contributed by atoms with van der Waals surface area (Å²) in [5.41, 5.74) is -0.897. The van der Waals surface area contributed by atoms with Gasteiger partial charge in [-0.1, -0.05) is 0 Å². The Hall–Kier alpha value is -1.19. The molecule has 9 heteroatoms. The molecule has 2 rings (SSSR count). The van der Waals surface area contributed by atoms with Crippen molar-refractivity contribution in [2.24, 2.45) is 0 Å². The Morgan fingerprint density at radius 3 is 2.75 bits per heavy atom. The summed E-state index contributed by atoms with van der Waals surface area (Å²) in [6.45, 7) is 1.30. The van der Waals surface area contributed by atoms with Gasteiger partial charge in [-0.3, -0.25) is 10.1 Å². The lowest BCUT2D eigenvalue weighted by atomic mass is 10.2. The standard InChI is InChI=1S/C11H13FN2O4S2/c1-7-4-9(5-10(11(7)12)14(15)16)20(17,18)13-8-2-3-19-6-8/h4-5,8,13H,2-3,6H2,1H3. The van der Waals surface area contributed by atoms with Gasteiger partial charge in [0, 0.05) is 17.9 Å². The highest BCUT2D eigenvalue weighted by atomic mass is 32.2. The number of nitrogens with zero attached hydrogens (tertiary/aromatic N) is 1. The van der Waals surface area contributed by atoms with Gasteiger partial charge in [0.15, 0.2) is 0 Å². The summed E-state index contributed by atoms with van der Waals surface area (Å²) in [6.07, 6.45) is 0.714. The molecule has 1 aliphatic rings. The van der Waals surface area contributed by atoms with Crippen LogP contribution in [0.4, 0.5) is 10.1 Å². The van der Waals surface area contributed by atoms with Crippen molar-refractivity contribution in [2.45, 2.75) is 24.3 Å². The average molecular weight is 320 g/mol. The first-order chi connectivity index (χ1) is 9.31. The lowest BCUT2D eigenvalue weighted by Crippen LogP contribution is -2.34. The molecule has 1 heterocycles. The number of hydrogen-bond acceptors (Lipinski definition) is 5. The third kappa shape index (κ3) is 3.10. The Kier molecular flexibility index (Phi) is 4.31. The first-order valence-corrected chi connectivity index (χ1v) is 8.49. The number of benzene rings is 1. The zero-order valence-corrected chi connectivity index (χ0v) is 12.3. The van der Waals surface area contributed by atoms with Crippen LogP contribution in [0.5, 0.6) is 0 Å². The maximum Gasteiger partial charge on any atom is 0.306 e. The van der Waals surface area contributed by atoms with Crippen molar-refractivity contribution in [3.63, 3.8) is 0 Å². The van der Waals surface area contributed by atoms with Gasteiger partial charge in [0.2, 0.25) is 15.8 Å². The predicted octanol–water partition coefficient (Wildman–Crippen LogP) is 1.83. The molecule has 1 atom stereocenters. The monoisotopic (exact) mass is 320 g/mol. The maximum absolute atomic E-state index is 13.6. The van der Waals surface area contributed by atoms with E-state index in [1.807, 2.05) is 0 Å². The molecular weight excluding hydrogens is 307 g/mol. The number of nitro benzene ring substituents is 1. The van der Waals surface area contributed by atoms with Crippen LogP contribution in [-0.4, -0.2) is 30.9 Å². The van der Waals surface area contributed by atoms with E-state index in [1.54, 1.807) is 11.8 Å². The van der Waals surface area contributed by atoms with Crippen molar-refractivity contribution < 1.29 is 17.7 Å². The first kappa shape index (κ1) is 15.2. The van der Waals surface area contributed by atoms with Gasteiger partial charge in [0.25, 0.3) is 0 Å². The van der Waals surface area contributed by atoms with Gasteiger partial charge in [0.05, 0.1) is 9.82 Å². The Labute approximate surface area is 120 Å². The second kappa shape index (κ2) is 5.66. The van der Waals surface area contributed by atoms with Crippen LogP contribution in [0.3, 0.4) is 0 Å². The first-order valence-electron chi connectivity index (χ1n) is 5.86. The van der Waals surface area contributed by atoms with Gasteiger partial charge in [0.1, 0.15) is 0 Å². The highest BCUT2D eigenvalue weighted by Gasteiger charge is 2.27. The van der Waals surface area contributed by atoms with Crippen molar-refractivity contribution >= 4 is 27.5 Å². The second-order valence-electron chi connectivity index (χ2n) is 4.51. The number of nitro groups is 1. The van der Waals surface area contributed by atoms with Crippen LogP contribution in [0.1, 0.15) is 12.0 Å². The van der Waals surface area contributed by atoms with E-state index in [1.165, 1.54) is 6.92 Å². The minimum atomic E-state index is -3.87. The van der Waals surface area contributed by atoms with E-state index in [0.717, 1.165) is 17.9 Å². The van der Waals surface area contributed by atoms with Crippen LogP contribution >= 0.6 is 11.8 Å². The number of thioether (sulfide) groups is 1. The third-order valence-electron chi connectivity index (χ3n) is 2.97. The fourth-order valence-corrected chi connectivity index (χ4v) is 4.55. The van der Waals surface area contributed by atoms with E-state index in [9.17, 15) is 22.9 Å². The number of nitrogens with one attached hydrogen (secondary N) is 1. The van der Waals surface area contributed by atoms with Crippen LogP contribution < -0.4 is 4.72 Å². The molecule has 0 aromatic heterocycles. The van der Waals surface area contributed by atoms with E-state index in [2.05, 4.69) is 4.72 Å². The molecular formula is C11H13FN2O4S2. The molecule has 1 aromatic rings. The Morgan fingerprint density at radius 2 is 2.20 bits per heavy atom. The van der Waals surface area contributed by atoms with E-state index < -0.39 is 26.5 Å².